The number of aromatic nitrogens is 3. The van der Waals surface area contributed by atoms with Crippen LogP contribution in [0.5, 0.6) is 0 Å². The van der Waals surface area contributed by atoms with Crippen molar-refractivity contribution in [3.05, 3.63) is 64.5 Å². The number of nitrogens with zero attached hydrogens (tertiary/aromatic N) is 3. The second kappa shape index (κ2) is 8.00. The van der Waals surface area contributed by atoms with Gasteiger partial charge in [-0.1, -0.05) is 17.7 Å². The molecule has 0 aliphatic carbocycles. The van der Waals surface area contributed by atoms with Gasteiger partial charge in [0.1, 0.15) is 5.69 Å². The van der Waals surface area contributed by atoms with Gasteiger partial charge in [0.25, 0.3) is 5.91 Å². The first-order chi connectivity index (χ1) is 15.7. The van der Waals surface area contributed by atoms with Gasteiger partial charge in [-0.3, -0.25) is 4.79 Å². The number of sulfone groups is 1. The topological polar surface area (TPSA) is 107 Å². The van der Waals surface area contributed by atoms with Crippen molar-refractivity contribution in [2.75, 3.05) is 16.8 Å². The summed E-state index contributed by atoms with van der Waals surface area (Å²) in [6, 6.07) is 10.1. The monoisotopic (exact) mass is 484 g/mol. The molecule has 1 aromatic carbocycles. The first-order valence-corrected chi connectivity index (χ1v) is 12.6. The molecule has 4 heterocycles. The lowest BCUT2D eigenvalue weighted by Gasteiger charge is -2.12. The maximum absolute atomic E-state index is 13.4. The third kappa shape index (κ3) is 4.02. The van der Waals surface area contributed by atoms with Gasteiger partial charge in [0.15, 0.2) is 21.2 Å². The van der Waals surface area contributed by atoms with Gasteiger partial charge in [0, 0.05) is 10.7 Å². The van der Waals surface area contributed by atoms with Crippen LogP contribution in [0.3, 0.4) is 0 Å². The van der Waals surface area contributed by atoms with Crippen LogP contribution in [0.25, 0.3) is 22.5 Å². The molecule has 170 valence electrons. The molecular weight excluding hydrogens is 464 g/mol. The zero-order valence-electron chi connectivity index (χ0n) is 18.0. The number of carbonyl (C=O) groups is 1. The number of fused-ring (bicyclic) bond motifs is 1. The number of hydrogen-bond acceptors (Lipinski definition) is 6. The third-order valence-electron chi connectivity index (χ3n) is 5.84. The van der Waals surface area contributed by atoms with Gasteiger partial charge in [-0.2, -0.15) is 5.10 Å². The zero-order chi connectivity index (χ0) is 23.3. The Bertz CT molecular complexity index is 1490. The smallest absolute Gasteiger partial charge is 0.256 e. The van der Waals surface area contributed by atoms with E-state index in [2.05, 4.69) is 10.4 Å². The van der Waals surface area contributed by atoms with Crippen LogP contribution < -0.4 is 5.32 Å². The van der Waals surface area contributed by atoms with Crippen molar-refractivity contribution in [3.8, 4) is 11.5 Å². The number of aryl methyl sites for hydroxylation is 2. The molecule has 0 radical (unpaired) electrons. The number of rotatable bonds is 4. The van der Waals surface area contributed by atoms with Crippen LogP contribution in [-0.2, 0) is 9.84 Å². The van der Waals surface area contributed by atoms with E-state index in [1.54, 1.807) is 41.9 Å². The Morgan fingerprint density at radius 3 is 2.73 bits per heavy atom. The minimum Gasteiger partial charge on any atom is -0.463 e. The summed E-state index contributed by atoms with van der Waals surface area (Å²) in [6.45, 7) is 3.67. The van der Waals surface area contributed by atoms with Crippen molar-refractivity contribution in [2.45, 2.75) is 26.3 Å². The summed E-state index contributed by atoms with van der Waals surface area (Å²) in [5, 5.41) is 8.61. The predicted octanol–water partition coefficient (Wildman–Crippen LogP) is 4.57. The molecule has 1 aliphatic rings. The third-order valence-corrected chi connectivity index (χ3v) is 8.00. The molecule has 8 nitrogen and oxygen atoms in total. The highest BCUT2D eigenvalue weighted by Gasteiger charge is 2.32. The summed E-state index contributed by atoms with van der Waals surface area (Å²) in [5.74, 6) is 0.252. The van der Waals surface area contributed by atoms with Crippen molar-refractivity contribution in [3.63, 3.8) is 0 Å². The van der Waals surface area contributed by atoms with Gasteiger partial charge in [-0.15, -0.1) is 0 Å². The van der Waals surface area contributed by atoms with Crippen LogP contribution in [0.2, 0.25) is 5.02 Å². The fourth-order valence-electron chi connectivity index (χ4n) is 4.13. The average Bonchev–Trinajstić information content (AvgIpc) is 3.49. The van der Waals surface area contributed by atoms with Crippen LogP contribution >= 0.6 is 11.6 Å². The lowest BCUT2D eigenvalue weighted by Crippen LogP contribution is -2.15. The SMILES string of the molecule is Cc1ccc(NC(=O)c2cc(-c3ccco3)nc3c2c(C)nn3[C@@H]2CCS(=O)(=O)C2)cc1Cl. The number of pyridine rings is 1. The average molecular weight is 485 g/mol. The summed E-state index contributed by atoms with van der Waals surface area (Å²) >= 11 is 6.22. The van der Waals surface area contributed by atoms with E-state index in [9.17, 15) is 13.2 Å². The quantitative estimate of drug-likeness (QED) is 0.454. The Labute approximate surface area is 195 Å². The lowest BCUT2D eigenvalue weighted by molar-refractivity contribution is 0.102. The lowest BCUT2D eigenvalue weighted by atomic mass is 10.1. The van der Waals surface area contributed by atoms with Gasteiger partial charge in [0.2, 0.25) is 0 Å². The summed E-state index contributed by atoms with van der Waals surface area (Å²) < 4.78 is 31.3. The predicted molar refractivity (Wildman–Crippen MR) is 126 cm³/mol. The Morgan fingerprint density at radius 1 is 1.24 bits per heavy atom. The van der Waals surface area contributed by atoms with Gasteiger partial charge >= 0.3 is 0 Å². The number of nitrogens with one attached hydrogen (secondary N) is 1. The van der Waals surface area contributed by atoms with Crippen molar-refractivity contribution in [1.29, 1.82) is 0 Å². The number of hydrogen-bond donors (Lipinski definition) is 1. The maximum Gasteiger partial charge on any atom is 0.256 e. The van der Waals surface area contributed by atoms with E-state index < -0.39 is 9.84 Å². The van der Waals surface area contributed by atoms with Gasteiger partial charge in [0.05, 0.1) is 40.5 Å². The Kier molecular flexibility index (Phi) is 5.25. The molecule has 1 atom stereocenters. The number of benzene rings is 1. The summed E-state index contributed by atoms with van der Waals surface area (Å²) in [6.07, 6.45) is 1.98. The van der Waals surface area contributed by atoms with E-state index in [1.807, 2.05) is 13.0 Å². The summed E-state index contributed by atoms with van der Waals surface area (Å²) in [4.78, 5) is 18.1. The fraction of sp³-hybridized carbons (Fsp3) is 0.261. The first kappa shape index (κ1) is 21.7. The highest BCUT2D eigenvalue weighted by Crippen LogP contribution is 2.32. The van der Waals surface area contributed by atoms with Crippen molar-refractivity contribution >= 4 is 44.1 Å². The molecule has 0 spiro atoms. The number of anilines is 1. The van der Waals surface area contributed by atoms with Gasteiger partial charge in [-0.25, -0.2) is 18.1 Å². The van der Waals surface area contributed by atoms with E-state index in [0.29, 0.717) is 50.9 Å². The molecule has 1 amide bonds. The van der Waals surface area contributed by atoms with Crippen LogP contribution in [0.15, 0.2) is 47.1 Å². The molecule has 0 unspecified atom stereocenters. The Hall–Kier alpha value is -3.17. The van der Waals surface area contributed by atoms with E-state index in [-0.39, 0.29) is 23.5 Å². The van der Waals surface area contributed by atoms with Crippen molar-refractivity contribution in [2.24, 2.45) is 0 Å². The molecular formula is C23H21ClN4O4S. The van der Waals surface area contributed by atoms with Crippen LogP contribution in [0.4, 0.5) is 5.69 Å². The second-order valence-electron chi connectivity index (χ2n) is 8.24. The zero-order valence-corrected chi connectivity index (χ0v) is 19.6. The van der Waals surface area contributed by atoms with Crippen molar-refractivity contribution in [1.82, 2.24) is 14.8 Å². The molecule has 3 aromatic heterocycles. The highest BCUT2D eigenvalue weighted by molar-refractivity contribution is 7.91. The van der Waals surface area contributed by atoms with E-state index >= 15 is 0 Å². The number of halogens is 1. The largest absolute Gasteiger partial charge is 0.463 e. The molecule has 1 fully saturated rings. The Balaban J connectivity index is 1.65. The van der Waals surface area contributed by atoms with Gasteiger partial charge in [-0.05, 0) is 56.2 Å². The minimum atomic E-state index is -3.13. The minimum absolute atomic E-state index is 0.000719. The number of carbonyl (C=O) groups excluding carboxylic acids is 1. The van der Waals surface area contributed by atoms with E-state index in [1.165, 1.54) is 6.26 Å². The van der Waals surface area contributed by atoms with Crippen molar-refractivity contribution < 1.29 is 17.6 Å². The molecule has 33 heavy (non-hydrogen) atoms. The summed E-state index contributed by atoms with van der Waals surface area (Å²) in [7, 11) is -3.13. The summed E-state index contributed by atoms with van der Waals surface area (Å²) in [5.41, 5.74) is 3.35. The molecule has 1 saturated heterocycles. The molecule has 4 aromatic rings. The molecule has 1 N–H and O–H groups in total. The number of amides is 1. The first-order valence-electron chi connectivity index (χ1n) is 10.4. The second-order valence-corrected chi connectivity index (χ2v) is 10.9. The molecule has 10 heteroatoms. The normalized spacial score (nSPS) is 17.5. The standard InChI is InChI=1S/C23H21ClN4O4S/c1-13-5-6-15(10-18(13)24)25-23(29)17-11-19(20-4-3-8-32-20)26-22-21(17)14(2)27-28(22)16-7-9-33(30,31)12-16/h3-6,8,10-11,16H,7,9,12H2,1-2H3,(H,25,29)/t16-/m1/s1. The Morgan fingerprint density at radius 2 is 2.06 bits per heavy atom. The van der Waals surface area contributed by atoms with E-state index in [0.717, 1.165) is 5.56 Å². The number of furan rings is 1. The van der Waals surface area contributed by atoms with Crippen LogP contribution in [-0.4, -0.2) is 40.6 Å². The maximum atomic E-state index is 13.4. The van der Waals surface area contributed by atoms with Crippen LogP contribution in [0, 0.1) is 13.8 Å². The molecule has 0 bridgehead atoms. The molecule has 0 saturated carbocycles. The van der Waals surface area contributed by atoms with E-state index in [4.69, 9.17) is 21.0 Å². The van der Waals surface area contributed by atoms with Crippen LogP contribution in [0.1, 0.15) is 34.1 Å². The highest BCUT2D eigenvalue weighted by atomic mass is 35.5. The molecule has 5 rings (SSSR count). The molecule has 1 aliphatic heterocycles. The van der Waals surface area contributed by atoms with Gasteiger partial charge < -0.3 is 9.73 Å². The fourth-order valence-corrected chi connectivity index (χ4v) is 6.01.